The van der Waals surface area contributed by atoms with Crippen LogP contribution in [0.5, 0.6) is 17.2 Å². The van der Waals surface area contributed by atoms with Crippen molar-refractivity contribution >= 4 is 17.5 Å². The molecule has 2 amide bonds. The molecular weight excluding hydrogens is 398 g/mol. The minimum Gasteiger partial charge on any atom is -0.497 e. The minimum absolute atomic E-state index is 0.0309. The van der Waals surface area contributed by atoms with E-state index in [0.29, 0.717) is 36.9 Å². The Morgan fingerprint density at radius 2 is 1.94 bits per heavy atom. The normalized spacial score (nSPS) is 15.6. The first-order valence-electron chi connectivity index (χ1n) is 10.4. The molecule has 1 aliphatic heterocycles. The van der Waals surface area contributed by atoms with E-state index in [2.05, 4.69) is 5.32 Å². The van der Waals surface area contributed by atoms with Crippen molar-refractivity contribution in [3.63, 3.8) is 0 Å². The van der Waals surface area contributed by atoms with Gasteiger partial charge in [0.05, 0.1) is 20.7 Å². The number of quaternary nitrogens is 1. The lowest BCUT2D eigenvalue weighted by atomic mass is 10.2. The standard InChI is InChI=1S/C23H29N3O5/c1-4-26(13-19-16-30-20-10-5-6-11-21(20)31-19)23(28)15-25(2)14-22(27)24-17-8-7-9-18(12-17)29-3/h5-12,19H,4,13-16H2,1-3H3,(H,24,27)/p+1/t19-/m1/s1. The molecule has 8 nitrogen and oxygen atoms in total. The molecule has 0 radical (unpaired) electrons. The monoisotopic (exact) mass is 428 g/mol. The van der Waals surface area contributed by atoms with E-state index >= 15 is 0 Å². The van der Waals surface area contributed by atoms with Gasteiger partial charge in [0.2, 0.25) is 0 Å². The third kappa shape index (κ3) is 6.36. The molecule has 0 saturated carbocycles. The maximum absolute atomic E-state index is 12.8. The Morgan fingerprint density at radius 1 is 1.16 bits per heavy atom. The molecule has 0 bridgehead atoms. The van der Waals surface area contributed by atoms with E-state index in [1.165, 1.54) is 0 Å². The second kappa shape index (κ2) is 10.7. The SMILES string of the molecule is CCN(C[C@@H]1COc2ccccc2O1)C(=O)C[NH+](C)CC(=O)Nc1cccc(OC)c1. The van der Waals surface area contributed by atoms with Gasteiger partial charge in [-0.1, -0.05) is 18.2 Å². The van der Waals surface area contributed by atoms with E-state index < -0.39 is 0 Å². The van der Waals surface area contributed by atoms with Gasteiger partial charge in [-0.2, -0.15) is 0 Å². The second-order valence-corrected chi connectivity index (χ2v) is 7.52. The fraction of sp³-hybridized carbons (Fsp3) is 0.391. The summed E-state index contributed by atoms with van der Waals surface area (Å²) in [6.45, 7) is 3.71. The fourth-order valence-electron chi connectivity index (χ4n) is 3.42. The number of benzene rings is 2. The molecule has 3 rings (SSSR count). The number of nitrogens with one attached hydrogen (secondary N) is 2. The van der Waals surface area contributed by atoms with Crippen molar-refractivity contribution in [1.29, 1.82) is 0 Å². The van der Waals surface area contributed by atoms with Gasteiger partial charge in [0.15, 0.2) is 30.7 Å². The average molecular weight is 429 g/mol. The van der Waals surface area contributed by atoms with Gasteiger partial charge in [0, 0.05) is 18.3 Å². The number of ether oxygens (including phenoxy) is 3. The predicted molar refractivity (Wildman–Crippen MR) is 117 cm³/mol. The highest BCUT2D eigenvalue weighted by atomic mass is 16.6. The van der Waals surface area contributed by atoms with Crippen molar-refractivity contribution < 1.29 is 28.7 Å². The first kappa shape index (κ1) is 22.4. The van der Waals surface area contributed by atoms with Crippen molar-refractivity contribution in [2.45, 2.75) is 13.0 Å². The van der Waals surface area contributed by atoms with Gasteiger partial charge in [-0.15, -0.1) is 0 Å². The van der Waals surface area contributed by atoms with Crippen LogP contribution in [0.1, 0.15) is 6.92 Å². The van der Waals surface area contributed by atoms with Crippen LogP contribution in [0.4, 0.5) is 5.69 Å². The lowest BCUT2D eigenvalue weighted by Crippen LogP contribution is -3.11. The zero-order valence-corrected chi connectivity index (χ0v) is 18.2. The van der Waals surface area contributed by atoms with Crippen LogP contribution >= 0.6 is 0 Å². The molecule has 0 aliphatic carbocycles. The number of hydrogen-bond acceptors (Lipinski definition) is 5. The number of carbonyl (C=O) groups is 2. The Kier molecular flexibility index (Phi) is 7.72. The van der Waals surface area contributed by atoms with E-state index in [1.54, 1.807) is 24.1 Å². The van der Waals surface area contributed by atoms with Crippen LogP contribution in [-0.4, -0.2) is 69.8 Å². The van der Waals surface area contributed by atoms with Crippen molar-refractivity contribution in [1.82, 2.24) is 4.90 Å². The van der Waals surface area contributed by atoms with Crippen molar-refractivity contribution in [3.8, 4) is 17.2 Å². The number of carbonyl (C=O) groups excluding carboxylic acids is 2. The van der Waals surface area contributed by atoms with Gasteiger partial charge in [0.1, 0.15) is 12.4 Å². The van der Waals surface area contributed by atoms with E-state index in [1.807, 2.05) is 50.4 Å². The summed E-state index contributed by atoms with van der Waals surface area (Å²) in [7, 11) is 3.40. The lowest BCUT2D eigenvalue weighted by Gasteiger charge is -2.31. The summed E-state index contributed by atoms with van der Waals surface area (Å²) < 4.78 is 16.9. The first-order valence-corrected chi connectivity index (χ1v) is 10.4. The molecule has 0 spiro atoms. The van der Waals surface area contributed by atoms with Gasteiger partial charge in [-0.05, 0) is 31.2 Å². The van der Waals surface area contributed by atoms with Crippen LogP contribution in [0.25, 0.3) is 0 Å². The third-order valence-corrected chi connectivity index (χ3v) is 4.99. The predicted octanol–water partition coefficient (Wildman–Crippen LogP) is 0.837. The van der Waals surface area contributed by atoms with Crippen LogP contribution in [0.3, 0.4) is 0 Å². The number of methoxy groups -OCH3 is 1. The van der Waals surface area contributed by atoms with Gasteiger partial charge in [-0.25, -0.2) is 0 Å². The molecule has 2 aromatic carbocycles. The maximum Gasteiger partial charge on any atom is 0.279 e. The highest BCUT2D eigenvalue weighted by molar-refractivity contribution is 5.91. The molecule has 2 N–H and O–H groups in total. The third-order valence-electron chi connectivity index (χ3n) is 4.99. The first-order chi connectivity index (χ1) is 15.0. The number of anilines is 1. The molecule has 1 aliphatic rings. The van der Waals surface area contributed by atoms with Crippen LogP contribution in [0.2, 0.25) is 0 Å². The summed E-state index contributed by atoms with van der Waals surface area (Å²) in [6, 6.07) is 14.7. The largest absolute Gasteiger partial charge is 0.497 e. The molecule has 31 heavy (non-hydrogen) atoms. The summed E-state index contributed by atoms with van der Waals surface area (Å²) in [4.78, 5) is 27.7. The van der Waals surface area contributed by atoms with Gasteiger partial charge >= 0.3 is 0 Å². The number of nitrogens with zero attached hydrogens (tertiary/aromatic N) is 1. The summed E-state index contributed by atoms with van der Waals surface area (Å²) in [5.41, 5.74) is 0.661. The second-order valence-electron chi connectivity index (χ2n) is 7.52. The van der Waals surface area contributed by atoms with Crippen LogP contribution in [-0.2, 0) is 9.59 Å². The van der Waals surface area contributed by atoms with Crippen molar-refractivity contribution in [2.75, 3.05) is 52.3 Å². The number of fused-ring (bicyclic) bond motifs is 1. The number of hydrogen-bond donors (Lipinski definition) is 2. The Morgan fingerprint density at radius 3 is 2.68 bits per heavy atom. The van der Waals surface area contributed by atoms with Crippen LogP contribution in [0.15, 0.2) is 48.5 Å². The molecule has 2 atom stereocenters. The summed E-state index contributed by atoms with van der Waals surface area (Å²) in [5, 5.41) is 2.84. The van der Waals surface area contributed by atoms with E-state index in [-0.39, 0.29) is 31.0 Å². The van der Waals surface area contributed by atoms with Gasteiger partial charge < -0.3 is 29.3 Å². The zero-order valence-electron chi connectivity index (χ0n) is 18.2. The molecular formula is C23H30N3O5+. The van der Waals surface area contributed by atoms with Crippen molar-refractivity contribution in [2.24, 2.45) is 0 Å². The smallest absolute Gasteiger partial charge is 0.279 e. The van der Waals surface area contributed by atoms with Gasteiger partial charge in [-0.3, -0.25) is 9.59 Å². The molecule has 1 unspecified atom stereocenters. The highest BCUT2D eigenvalue weighted by Gasteiger charge is 2.26. The topological polar surface area (TPSA) is 81.5 Å². The van der Waals surface area contributed by atoms with Gasteiger partial charge in [0.25, 0.3) is 11.8 Å². The quantitative estimate of drug-likeness (QED) is 0.619. The number of rotatable bonds is 9. The Balaban J connectivity index is 1.47. The molecule has 2 aromatic rings. The van der Waals surface area contributed by atoms with E-state index in [9.17, 15) is 9.59 Å². The maximum atomic E-state index is 12.8. The average Bonchev–Trinajstić information content (AvgIpc) is 2.77. The van der Waals surface area contributed by atoms with Crippen LogP contribution in [0, 0.1) is 0 Å². The minimum atomic E-state index is -0.226. The lowest BCUT2D eigenvalue weighted by molar-refractivity contribution is -0.862. The summed E-state index contributed by atoms with van der Waals surface area (Å²) in [6.07, 6.45) is -0.226. The fourth-order valence-corrected chi connectivity index (χ4v) is 3.42. The summed E-state index contributed by atoms with van der Waals surface area (Å²) >= 11 is 0. The number of likely N-dealkylation sites (N-methyl/N-ethyl adjacent to an activating group) is 2. The number of amides is 2. The highest BCUT2D eigenvalue weighted by Crippen LogP contribution is 2.31. The van der Waals surface area contributed by atoms with Crippen LogP contribution < -0.4 is 24.4 Å². The molecule has 8 heteroatoms. The molecule has 1 heterocycles. The Hall–Kier alpha value is -3.26. The molecule has 0 fully saturated rings. The van der Waals surface area contributed by atoms with E-state index in [4.69, 9.17) is 14.2 Å². The Bertz CT molecular complexity index is 904. The molecule has 166 valence electrons. The van der Waals surface area contributed by atoms with Crippen molar-refractivity contribution in [3.05, 3.63) is 48.5 Å². The Labute approximate surface area is 182 Å². The van der Waals surface area contributed by atoms with E-state index in [0.717, 1.165) is 10.6 Å². The summed E-state index contributed by atoms with van der Waals surface area (Å²) in [5.74, 6) is 1.89. The molecule has 0 aromatic heterocycles. The molecule has 0 saturated heterocycles. The zero-order chi connectivity index (χ0) is 22.2. The number of para-hydroxylation sites is 2.